The minimum atomic E-state index is 0.488. The molecule has 1 aliphatic carbocycles. The van der Waals surface area contributed by atoms with Crippen LogP contribution in [0.15, 0.2) is 12.4 Å². The van der Waals surface area contributed by atoms with Crippen LogP contribution in [0.25, 0.3) is 0 Å². The van der Waals surface area contributed by atoms with Crippen molar-refractivity contribution in [2.24, 2.45) is 5.92 Å². The predicted molar refractivity (Wildman–Crippen MR) is 97.5 cm³/mol. The monoisotopic (exact) mass is 331 g/mol. The number of nitrogens with one attached hydrogen (secondary N) is 2. The van der Waals surface area contributed by atoms with E-state index in [2.05, 4.69) is 53.5 Å². The first kappa shape index (κ1) is 17.8. The van der Waals surface area contributed by atoms with Crippen LogP contribution in [0.5, 0.6) is 0 Å². The lowest BCUT2D eigenvalue weighted by Gasteiger charge is -2.33. The van der Waals surface area contributed by atoms with Gasteiger partial charge >= 0.3 is 0 Å². The van der Waals surface area contributed by atoms with Gasteiger partial charge in [-0.1, -0.05) is 19.3 Å². The Morgan fingerprint density at radius 2 is 1.67 bits per heavy atom. The summed E-state index contributed by atoms with van der Waals surface area (Å²) in [5, 5.41) is 0. The van der Waals surface area contributed by atoms with Crippen molar-refractivity contribution in [3.63, 3.8) is 0 Å². The van der Waals surface area contributed by atoms with Crippen molar-refractivity contribution in [3.8, 4) is 0 Å². The standard InChI is InChI=1S/C19H33N5/c1-13-18(14(2)23-22-13)15(3)24(4)12-16-10-20-19(21-11-16)17-8-6-5-7-9-17/h10-11,13-15,17-18,22-23H,5-9,12H2,1-4H3. The average Bonchev–Trinajstić information content (AvgIpc) is 2.94. The van der Waals surface area contributed by atoms with Crippen LogP contribution in [0.1, 0.15) is 70.2 Å². The van der Waals surface area contributed by atoms with E-state index in [1.54, 1.807) is 0 Å². The van der Waals surface area contributed by atoms with Crippen molar-refractivity contribution in [2.45, 2.75) is 83.5 Å². The molecule has 1 aromatic heterocycles. The molecule has 3 atom stereocenters. The van der Waals surface area contributed by atoms with Gasteiger partial charge in [0.15, 0.2) is 0 Å². The van der Waals surface area contributed by atoms with E-state index in [0.29, 0.717) is 30.0 Å². The van der Waals surface area contributed by atoms with Crippen molar-refractivity contribution in [2.75, 3.05) is 7.05 Å². The van der Waals surface area contributed by atoms with Gasteiger partial charge in [0.2, 0.25) is 0 Å². The molecule has 1 aliphatic heterocycles. The second kappa shape index (κ2) is 7.89. The highest BCUT2D eigenvalue weighted by molar-refractivity contribution is 5.08. The fraction of sp³-hybridized carbons (Fsp3) is 0.789. The largest absolute Gasteiger partial charge is 0.299 e. The molecule has 2 fully saturated rings. The highest BCUT2D eigenvalue weighted by Crippen LogP contribution is 2.30. The van der Waals surface area contributed by atoms with Crippen molar-refractivity contribution in [1.82, 2.24) is 25.7 Å². The summed E-state index contributed by atoms with van der Waals surface area (Å²) in [6.45, 7) is 7.74. The van der Waals surface area contributed by atoms with Crippen LogP contribution < -0.4 is 10.9 Å². The highest BCUT2D eigenvalue weighted by atomic mass is 15.4. The Balaban J connectivity index is 1.58. The molecule has 2 aliphatic rings. The molecule has 5 heteroatoms. The lowest BCUT2D eigenvalue weighted by Crippen LogP contribution is -2.43. The Morgan fingerprint density at radius 1 is 1.08 bits per heavy atom. The van der Waals surface area contributed by atoms with E-state index < -0.39 is 0 Å². The lowest BCUT2D eigenvalue weighted by atomic mass is 9.88. The van der Waals surface area contributed by atoms with E-state index in [4.69, 9.17) is 0 Å². The second-order valence-corrected chi connectivity index (χ2v) is 7.88. The molecule has 3 unspecified atom stereocenters. The molecule has 5 nitrogen and oxygen atoms in total. The first-order valence-corrected chi connectivity index (χ1v) is 9.58. The summed E-state index contributed by atoms with van der Waals surface area (Å²) in [5.74, 6) is 2.24. The first-order chi connectivity index (χ1) is 11.6. The summed E-state index contributed by atoms with van der Waals surface area (Å²) in [4.78, 5) is 11.8. The molecule has 24 heavy (non-hydrogen) atoms. The van der Waals surface area contributed by atoms with Crippen molar-refractivity contribution >= 4 is 0 Å². The number of hydrazine groups is 1. The summed E-state index contributed by atoms with van der Waals surface area (Å²) < 4.78 is 0. The molecule has 1 aromatic rings. The maximum atomic E-state index is 4.68. The third-order valence-electron chi connectivity index (χ3n) is 6.07. The van der Waals surface area contributed by atoms with Crippen LogP contribution in [0.4, 0.5) is 0 Å². The first-order valence-electron chi connectivity index (χ1n) is 9.58. The van der Waals surface area contributed by atoms with Gasteiger partial charge in [-0.3, -0.25) is 15.8 Å². The van der Waals surface area contributed by atoms with Crippen LogP contribution in [0.2, 0.25) is 0 Å². The van der Waals surface area contributed by atoms with Gasteiger partial charge in [-0.2, -0.15) is 0 Å². The highest BCUT2D eigenvalue weighted by Gasteiger charge is 2.35. The zero-order chi connectivity index (χ0) is 17.1. The van der Waals surface area contributed by atoms with E-state index in [1.165, 1.54) is 37.7 Å². The molecule has 1 saturated carbocycles. The summed E-state index contributed by atoms with van der Waals surface area (Å²) in [5.41, 5.74) is 7.93. The van der Waals surface area contributed by atoms with Gasteiger partial charge in [-0.05, 0) is 40.7 Å². The van der Waals surface area contributed by atoms with E-state index in [9.17, 15) is 0 Å². The summed E-state index contributed by atoms with van der Waals surface area (Å²) in [7, 11) is 2.21. The quantitative estimate of drug-likeness (QED) is 0.869. The predicted octanol–water partition coefficient (Wildman–Crippen LogP) is 2.85. The van der Waals surface area contributed by atoms with Gasteiger partial charge in [0.05, 0.1) is 0 Å². The Kier molecular flexibility index (Phi) is 5.85. The fourth-order valence-electron chi connectivity index (χ4n) is 4.47. The minimum absolute atomic E-state index is 0.488. The van der Waals surface area contributed by atoms with Gasteiger partial charge in [0.1, 0.15) is 5.82 Å². The number of rotatable bonds is 5. The van der Waals surface area contributed by atoms with Gasteiger partial charge in [0, 0.05) is 54.5 Å². The van der Waals surface area contributed by atoms with E-state index >= 15 is 0 Å². The molecule has 0 amide bonds. The maximum absolute atomic E-state index is 4.68. The third-order valence-corrected chi connectivity index (χ3v) is 6.07. The van der Waals surface area contributed by atoms with E-state index in [0.717, 1.165) is 12.4 Å². The Bertz CT molecular complexity index is 501. The van der Waals surface area contributed by atoms with Crippen LogP contribution >= 0.6 is 0 Å². The molecule has 1 saturated heterocycles. The van der Waals surface area contributed by atoms with Crippen LogP contribution in [-0.4, -0.2) is 40.0 Å². The van der Waals surface area contributed by atoms with Crippen molar-refractivity contribution in [1.29, 1.82) is 0 Å². The summed E-state index contributed by atoms with van der Waals surface area (Å²) in [6, 6.07) is 1.47. The number of aromatic nitrogens is 2. The molecule has 2 N–H and O–H groups in total. The molecule has 134 valence electrons. The smallest absolute Gasteiger partial charge is 0.131 e. The zero-order valence-corrected chi connectivity index (χ0v) is 15.6. The Morgan fingerprint density at radius 3 is 2.25 bits per heavy atom. The molecular weight excluding hydrogens is 298 g/mol. The zero-order valence-electron chi connectivity index (χ0n) is 15.6. The number of hydrogen-bond acceptors (Lipinski definition) is 5. The normalized spacial score (nSPS) is 30.0. The molecule has 0 bridgehead atoms. The van der Waals surface area contributed by atoms with Gasteiger partial charge in [0.25, 0.3) is 0 Å². The van der Waals surface area contributed by atoms with Crippen molar-refractivity contribution < 1.29 is 0 Å². The molecule has 0 radical (unpaired) electrons. The van der Waals surface area contributed by atoms with Gasteiger partial charge < -0.3 is 0 Å². The maximum Gasteiger partial charge on any atom is 0.131 e. The third kappa shape index (κ3) is 3.95. The topological polar surface area (TPSA) is 53.1 Å². The van der Waals surface area contributed by atoms with Gasteiger partial charge in [-0.15, -0.1) is 0 Å². The lowest BCUT2D eigenvalue weighted by molar-refractivity contribution is 0.165. The summed E-state index contributed by atoms with van der Waals surface area (Å²) >= 11 is 0. The molecule has 0 aromatic carbocycles. The molecule has 3 rings (SSSR count). The molecule has 2 heterocycles. The van der Waals surface area contributed by atoms with Gasteiger partial charge in [-0.25, -0.2) is 9.97 Å². The second-order valence-electron chi connectivity index (χ2n) is 7.88. The number of nitrogens with zero attached hydrogens (tertiary/aromatic N) is 3. The Labute approximate surface area is 146 Å². The molecule has 0 spiro atoms. The van der Waals surface area contributed by atoms with Crippen LogP contribution in [0, 0.1) is 5.92 Å². The van der Waals surface area contributed by atoms with E-state index in [1.807, 2.05) is 12.4 Å². The average molecular weight is 332 g/mol. The SMILES string of the molecule is CC1NNC(C)C1C(C)N(C)Cc1cnc(C2CCCCC2)nc1. The number of hydrogen-bond donors (Lipinski definition) is 2. The Hall–Kier alpha value is -1.04. The summed E-state index contributed by atoms with van der Waals surface area (Å²) in [6.07, 6.45) is 10.6. The fourth-order valence-corrected chi connectivity index (χ4v) is 4.47. The molecular formula is C19H33N5. The minimum Gasteiger partial charge on any atom is -0.299 e. The van der Waals surface area contributed by atoms with Crippen LogP contribution in [0.3, 0.4) is 0 Å². The van der Waals surface area contributed by atoms with E-state index in [-0.39, 0.29) is 0 Å². The van der Waals surface area contributed by atoms with Crippen LogP contribution in [-0.2, 0) is 6.54 Å². The van der Waals surface area contributed by atoms with Crippen molar-refractivity contribution in [3.05, 3.63) is 23.8 Å².